The highest BCUT2D eigenvalue weighted by molar-refractivity contribution is 5.97. The van der Waals surface area contributed by atoms with Crippen LogP contribution in [-0.4, -0.2) is 29.3 Å². The van der Waals surface area contributed by atoms with Gasteiger partial charge in [0, 0.05) is 11.8 Å². The fourth-order valence-corrected chi connectivity index (χ4v) is 2.46. The normalized spacial score (nSPS) is 11.6. The molecule has 1 heterocycles. The highest BCUT2D eigenvalue weighted by Gasteiger charge is 2.17. The van der Waals surface area contributed by atoms with Crippen molar-refractivity contribution in [2.75, 3.05) is 6.61 Å². The molecule has 1 aromatic carbocycles. The smallest absolute Gasteiger partial charge is 0.355 e. The van der Waals surface area contributed by atoms with Crippen molar-refractivity contribution in [3.8, 4) is 0 Å². The predicted octanol–water partition coefficient (Wildman–Crippen LogP) is 3.03. The molecular weight excluding hydrogens is 320 g/mol. The van der Waals surface area contributed by atoms with E-state index >= 15 is 0 Å². The van der Waals surface area contributed by atoms with E-state index in [0.29, 0.717) is 5.56 Å². The van der Waals surface area contributed by atoms with Gasteiger partial charge in [-0.2, -0.15) is 0 Å². The van der Waals surface area contributed by atoms with Gasteiger partial charge in [0.15, 0.2) is 12.4 Å². The minimum Gasteiger partial charge on any atom is -0.451 e. The number of aromatic nitrogens is 1. The Bertz CT molecular complexity index is 737. The van der Waals surface area contributed by atoms with Crippen molar-refractivity contribution < 1.29 is 19.1 Å². The number of ether oxygens (including phenoxy) is 1. The fraction of sp³-hybridized carbons (Fsp3) is 0.316. The summed E-state index contributed by atoms with van der Waals surface area (Å²) in [4.78, 5) is 37.9. The Morgan fingerprint density at radius 2 is 1.92 bits per heavy atom. The Balaban J connectivity index is 1.90. The van der Waals surface area contributed by atoms with Crippen LogP contribution in [0.4, 0.5) is 0 Å². The number of nitrogens with one attached hydrogen (secondary N) is 2. The number of amides is 1. The molecule has 132 valence electrons. The first kappa shape index (κ1) is 18.4. The number of carbonyl (C=O) groups excluding carboxylic acids is 3. The van der Waals surface area contributed by atoms with Gasteiger partial charge in [0.25, 0.3) is 5.91 Å². The number of carbonyl (C=O) groups is 3. The van der Waals surface area contributed by atoms with Gasteiger partial charge < -0.3 is 15.0 Å². The molecule has 2 rings (SSSR count). The zero-order chi connectivity index (χ0) is 18.2. The van der Waals surface area contributed by atoms with Crippen LogP contribution in [0.3, 0.4) is 0 Å². The van der Waals surface area contributed by atoms with Gasteiger partial charge in [-0.15, -0.1) is 0 Å². The fourth-order valence-electron chi connectivity index (χ4n) is 2.46. The van der Waals surface area contributed by atoms with E-state index in [2.05, 4.69) is 10.3 Å². The summed E-state index contributed by atoms with van der Waals surface area (Å²) in [6, 6.07) is 11.0. The summed E-state index contributed by atoms with van der Waals surface area (Å²) >= 11 is 0. The lowest BCUT2D eigenvalue weighted by Crippen LogP contribution is -2.32. The molecule has 25 heavy (non-hydrogen) atoms. The lowest BCUT2D eigenvalue weighted by atomic mass is 10.0. The van der Waals surface area contributed by atoms with Gasteiger partial charge in [-0.25, -0.2) is 4.79 Å². The Labute approximate surface area is 146 Å². The summed E-state index contributed by atoms with van der Waals surface area (Å²) < 4.78 is 5.00. The number of rotatable bonds is 8. The zero-order valence-corrected chi connectivity index (χ0v) is 14.4. The van der Waals surface area contributed by atoms with Crippen LogP contribution in [0, 0.1) is 0 Å². The Morgan fingerprint density at radius 1 is 1.20 bits per heavy atom. The van der Waals surface area contributed by atoms with E-state index in [1.54, 1.807) is 0 Å². The first-order chi connectivity index (χ1) is 12.0. The summed E-state index contributed by atoms with van der Waals surface area (Å²) in [6.07, 6.45) is 3.14. The summed E-state index contributed by atoms with van der Waals surface area (Å²) in [5, 5.41) is 2.88. The third-order valence-electron chi connectivity index (χ3n) is 3.76. The molecule has 1 aromatic heterocycles. The molecule has 0 bridgehead atoms. The number of benzene rings is 1. The molecule has 0 saturated heterocycles. The average molecular weight is 342 g/mol. The standard InChI is InChI=1S/C19H22N2O4/c1-3-7-16(14-8-5-4-6-9-14)21-18(23)12-25-19(24)17-10-15(11-20-17)13(2)22/h4-6,8-11,16,20H,3,7,12H2,1-2H3,(H,21,23)/t16-/m1/s1. The molecule has 0 spiro atoms. The topological polar surface area (TPSA) is 88.3 Å². The van der Waals surface area contributed by atoms with Gasteiger partial charge >= 0.3 is 5.97 Å². The molecule has 0 unspecified atom stereocenters. The van der Waals surface area contributed by atoms with Crippen LogP contribution in [-0.2, 0) is 9.53 Å². The molecule has 2 N–H and O–H groups in total. The van der Waals surface area contributed by atoms with Crippen LogP contribution < -0.4 is 5.32 Å². The van der Waals surface area contributed by atoms with Gasteiger partial charge in [0.1, 0.15) is 5.69 Å². The second-order valence-corrected chi connectivity index (χ2v) is 5.75. The second kappa shape index (κ2) is 8.82. The minimum atomic E-state index is -0.672. The summed E-state index contributed by atoms with van der Waals surface area (Å²) in [7, 11) is 0. The van der Waals surface area contributed by atoms with Crippen molar-refractivity contribution in [3.05, 3.63) is 59.4 Å². The van der Waals surface area contributed by atoms with Crippen molar-refractivity contribution >= 4 is 17.7 Å². The van der Waals surface area contributed by atoms with Gasteiger partial charge in [-0.3, -0.25) is 9.59 Å². The molecule has 6 heteroatoms. The van der Waals surface area contributed by atoms with Crippen LogP contribution in [0.5, 0.6) is 0 Å². The number of aromatic amines is 1. The van der Waals surface area contributed by atoms with Crippen LogP contribution in [0.2, 0.25) is 0 Å². The largest absolute Gasteiger partial charge is 0.451 e. The highest BCUT2D eigenvalue weighted by Crippen LogP contribution is 2.17. The number of hydrogen-bond donors (Lipinski definition) is 2. The molecule has 6 nitrogen and oxygen atoms in total. The minimum absolute atomic E-state index is 0.118. The molecule has 0 radical (unpaired) electrons. The maximum Gasteiger partial charge on any atom is 0.355 e. The number of H-pyrrole nitrogens is 1. The van der Waals surface area contributed by atoms with E-state index in [-0.39, 0.29) is 30.0 Å². The van der Waals surface area contributed by atoms with Crippen molar-refractivity contribution in [3.63, 3.8) is 0 Å². The quantitative estimate of drug-likeness (QED) is 0.570. The van der Waals surface area contributed by atoms with Crippen LogP contribution >= 0.6 is 0 Å². The van der Waals surface area contributed by atoms with E-state index in [1.165, 1.54) is 19.2 Å². The number of hydrogen-bond acceptors (Lipinski definition) is 4. The molecule has 2 aromatic rings. The van der Waals surface area contributed by atoms with Gasteiger partial charge in [0.2, 0.25) is 0 Å². The molecule has 1 amide bonds. The van der Waals surface area contributed by atoms with Gasteiger partial charge in [-0.05, 0) is 25.0 Å². The summed E-state index contributed by atoms with van der Waals surface area (Å²) in [5.41, 5.74) is 1.55. The average Bonchev–Trinajstić information content (AvgIpc) is 3.10. The van der Waals surface area contributed by atoms with Crippen molar-refractivity contribution in [2.24, 2.45) is 0 Å². The lowest BCUT2D eigenvalue weighted by molar-refractivity contribution is -0.125. The van der Waals surface area contributed by atoms with Crippen molar-refractivity contribution in [1.29, 1.82) is 0 Å². The van der Waals surface area contributed by atoms with E-state index < -0.39 is 5.97 Å². The third-order valence-corrected chi connectivity index (χ3v) is 3.76. The highest BCUT2D eigenvalue weighted by atomic mass is 16.5. The third kappa shape index (κ3) is 5.31. The first-order valence-electron chi connectivity index (χ1n) is 8.22. The number of ketones is 1. The van der Waals surface area contributed by atoms with Gasteiger partial charge in [-0.1, -0.05) is 43.7 Å². The van der Waals surface area contributed by atoms with Crippen LogP contribution in [0.15, 0.2) is 42.6 Å². The lowest BCUT2D eigenvalue weighted by Gasteiger charge is -2.18. The second-order valence-electron chi connectivity index (χ2n) is 5.75. The molecule has 0 aliphatic carbocycles. The SMILES string of the molecule is CCC[C@@H](NC(=O)COC(=O)c1cc(C(C)=O)c[nH]1)c1ccccc1. The monoisotopic (exact) mass is 342 g/mol. The van der Waals surface area contributed by atoms with E-state index in [4.69, 9.17) is 4.74 Å². The first-order valence-corrected chi connectivity index (χ1v) is 8.22. The number of Topliss-reactive ketones (excluding diaryl/α,β-unsaturated/α-hetero) is 1. The zero-order valence-electron chi connectivity index (χ0n) is 14.4. The van der Waals surface area contributed by atoms with Crippen LogP contribution in [0.1, 0.15) is 59.1 Å². The summed E-state index contributed by atoms with van der Waals surface area (Å²) in [5.74, 6) is -1.19. The van der Waals surface area contributed by atoms with E-state index in [0.717, 1.165) is 18.4 Å². The molecule has 0 aliphatic rings. The van der Waals surface area contributed by atoms with Crippen LogP contribution in [0.25, 0.3) is 0 Å². The van der Waals surface area contributed by atoms with E-state index in [9.17, 15) is 14.4 Å². The van der Waals surface area contributed by atoms with Crippen molar-refractivity contribution in [2.45, 2.75) is 32.7 Å². The number of esters is 1. The molecule has 0 aliphatic heterocycles. The summed E-state index contributed by atoms with van der Waals surface area (Å²) in [6.45, 7) is 3.07. The van der Waals surface area contributed by atoms with Crippen molar-refractivity contribution in [1.82, 2.24) is 10.3 Å². The van der Waals surface area contributed by atoms with Gasteiger partial charge in [0.05, 0.1) is 6.04 Å². The Morgan fingerprint density at radius 3 is 2.52 bits per heavy atom. The molecule has 0 saturated carbocycles. The Hall–Kier alpha value is -2.89. The molecule has 0 fully saturated rings. The molecular formula is C19H22N2O4. The van der Waals surface area contributed by atoms with E-state index in [1.807, 2.05) is 37.3 Å². The predicted molar refractivity (Wildman–Crippen MR) is 93.3 cm³/mol. The maximum atomic E-state index is 12.1. The molecule has 1 atom stereocenters. The Kier molecular flexibility index (Phi) is 6.51. The maximum absolute atomic E-state index is 12.1.